The van der Waals surface area contributed by atoms with Gasteiger partial charge in [-0.2, -0.15) is 4.31 Å². The lowest BCUT2D eigenvalue weighted by Crippen LogP contribution is -2.39. The summed E-state index contributed by atoms with van der Waals surface area (Å²) in [4.78, 5) is 0.275. The van der Waals surface area contributed by atoms with Crippen LogP contribution in [0.1, 0.15) is 24.0 Å². The van der Waals surface area contributed by atoms with Crippen LogP contribution in [0.3, 0.4) is 0 Å². The van der Waals surface area contributed by atoms with Crippen LogP contribution in [0.4, 0.5) is 0 Å². The summed E-state index contributed by atoms with van der Waals surface area (Å²) in [6, 6.07) is 15.7. The number of hydrogen-bond donors (Lipinski definition) is 0. The second-order valence-corrected chi connectivity index (χ2v) is 8.60. The largest absolute Gasteiger partial charge is 0.495 e. The first kappa shape index (κ1) is 18.0. The Labute approximate surface area is 150 Å². The van der Waals surface area contributed by atoms with Crippen LogP contribution >= 0.6 is 0 Å². The van der Waals surface area contributed by atoms with Gasteiger partial charge in [-0.15, -0.1) is 0 Å². The lowest BCUT2D eigenvalue weighted by atomic mass is 9.91. The van der Waals surface area contributed by atoms with Crippen molar-refractivity contribution in [2.24, 2.45) is 5.92 Å². The van der Waals surface area contributed by atoms with Crippen LogP contribution in [0.15, 0.2) is 53.4 Å². The van der Waals surface area contributed by atoms with Gasteiger partial charge in [0.15, 0.2) is 0 Å². The number of piperidine rings is 1. The van der Waals surface area contributed by atoms with E-state index in [-0.39, 0.29) is 4.90 Å². The smallest absolute Gasteiger partial charge is 0.246 e. The van der Waals surface area contributed by atoms with Gasteiger partial charge >= 0.3 is 0 Å². The van der Waals surface area contributed by atoms with Gasteiger partial charge in [0.25, 0.3) is 0 Å². The number of sulfonamides is 1. The van der Waals surface area contributed by atoms with Crippen molar-refractivity contribution in [3.63, 3.8) is 0 Å². The van der Waals surface area contributed by atoms with Gasteiger partial charge in [-0.1, -0.05) is 36.4 Å². The molecule has 0 radical (unpaired) electrons. The summed E-state index contributed by atoms with van der Waals surface area (Å²) in [5.74, 6) is 0.949. The Kier molecular flexibility index (Phi) is 5.45. The SMILES string of the molecule is COc1ccc(C)cc1S(=O)(=O)N1CCC(Cc2ccccc2)CC1. The molecule has 0 atom stereocenters. The minimum absolute atomic E-state index is 0.275. The molecule has 2 aromatic carbocycles. The summed E-state index contributed by atoms with van der Waals surface area (Å²) in [5.41, 5.74) is 2.24. The first-order valence-corrected chi connectivity index (χ1v) is 10.1. The molecule has 0 saturated carbocycles. The van der Waals surface area contributed by atoms with Crippen molar-refractivity contribution in [3.05, 3.63) is 59.7 Å². The van der Waals surface area contributed by atoms with Gasteiger partial charge in [0.2, 0.25) is 10.0 Å². The Morgan fingerprint density at radius 2 is 1.76 bits per heavy atom. The molecule has 0 aromatic heterocycles. The maximum absolute atomic E-state index is 13.0. The summed E-state index contributed by atoms with van der Waals surface area (Å²) >= 11 is 0. The number of methoxy groups -OCH3 is 1. The zero-order valence-corrected chi connectivity index (χ0v) is 15.6. The normalized spacial score (nSPS) is 16.7. The number of nitrogens with zero attached hydrogens (tertiary/aromatic N) is 1. The minimum Gasteiger partial charge on any atom is -0.495 e. The predicted octanol–water partition coefficient (Wildman–Crippen LogP) is 3.65. The third-order valence-electron chi connectivity index (χ3n) is 4.88. The third-order valence-corrected chi connectivity index (χ3v) is 6.80. The predicted molar refractivity (Wildman–Crippen MR) is 99.4 cm³/mol. The first-order valence-electron chi connectivity index (χ1n) is 8.69. The summed E-state index contributed by atoms with van der Waals surface area (Å²) in [6.07, 6.45) is 2.80. The van der Waals surface area contributed by atoms with Crippen LogP contribution in [0.25, 0.3) is 0 Å². The molecule has 1 fully saturated rings. The van der Waals surface area contributed by atoms with Gasteiger partial charge in [0, 0.05) is 13.1 Å². The van der Waals surface area contributed by atoms with E-state index in [4.69, 9.17) is 4.74 Å². The highest BCUT2D eigenvalue weighted by atomic mass is 32.2. The van der Waals surface area contributed by atoms with Crippen molar-refractivity contribution in [2.75, 3.05) is 20.2 Å². The molecule has 0 N–H and O–H groups in total. The zero-order valence-electron chi connectivity index (χ0n) is 14.8. The van der Waals surface area contributed by atoms with Crippen LogP contribution in [-0.2, 0) is 16.4 Å². The van der Waals surface area contributed by atoms with E-state index in [0.29, 0.717) is 24.8 Å². The molecule has 1 saturated heterocycles. The van der Waals surface area contributed by atoms with Crippen LogP contribution in [0.2, 0.25) is 0 Å². The van der Waals surface area contributed by atoms with E-state index in [0.717, 1.165) is 24.8 Å². The number of benzene rings is 2. The van der Waals surface area contributed by atoms with Gasteiger partial charge < -0.3 is 4.74 Å². The first-order chi connectivity index (χ1) is 12.0. The summed E-state index contributed by atoms with van der Waals surface area (Å²) in [6.45, 7) is 3.03. The van der Waals surface area contributed by atoms with Crippen molar-refractivity contribution in [3.8, 4) is 5.75 Å². The number of rotatable bonds is 5. The van der Waals surface area contributed by atoms with E-state index < -0.39 is 10.0 Å². The molecular weight excluding hydrogens is 334 g/mol. The maximum Gasteiger partial charge on any atom is 0.246 e. The number of aryl methyl sites for hydroxylation is 1. The molecule has 1 heterocycles. The molecule has 134 valence electrons. The second kappa shape index (κ2) is 7.58. The maximum atomic E-state index is 13.0. The van der Waals surface area contributed by atoms with E-state index in [2.05, 4.69) is 24.3 Å². The Hall–Kier alpha value is -1.85. The molecule has 0 amide bonds. The standard InChI is InChI=1S/C20H25NO3S/c1-16-8-9-19(24-2)20(14-16)25(22,23)21-12-10-18(11-13-21)15-17-6-4-3-5-7-17/h3-9,14,18H,10-13,15H2,1-2H3. The topological polar surface area (TPSA) is 46.6 Å². The summed E-state index contributed by atoms with van der Waals surface area (Å²) < 4.78 is 32.9. The monoisotopic (exact) mass is 359 g/mol. The molecule has 0 bridgehead atoms. The zero-order chi connectivity index (χ0) is 17.9. The number of hydrogen-bond acceptors (Lipinski definition) is 3. The minimum atomic E-state index is -3.52. The quantitative estimate of drug-likeness (QED) is 0.819. The van der Waals surface area contributed by atoms with E-state index in [1.165, 1.54) is 12.7 Å². The van der Waals surface area contributed by atoms with Gasteiger partial charge in [-0.3, -0.25) is 0 Å². The lowest BCUT2D eigenvalue weighted by molar-refractivity contribution is 0.272. The molecule has 0 unspecified atom stereocenters. The van der Waals surface area contributed by atoms with Gasteiger partial charge in [-0.05, 0) is 55.4 Å². The van der Waals surface area contributed by atoms with Crippen molar-refractivity contribution in [1.29, 1.82) is 0 Å². The fourth-order valence-electron chi connectivity index (χ4n) is 3.43. The van der Waals surface area contributed by atoms with Crippen molar-refractivity contribution in [2.45, 2.75) is 31.1 Å². The van der Waals surface area contributed by atoms with E-state index in [1.54, 1.807) is 16.4 Å². The molecule has 25 heavy (non-hydrogen) atoms. The van der Waals surface area contributed by atoms with E-state index >= 15 is 0 Å². The van der Waals surface area contributed by atoms with Crippen LogP contribution in [-0.4, -0.2) is 32.9 Å². The average Bonchev–Trinajstić information content (AvgIpc) is 2.63. The van der Waals surface area contributed by atoms with Crippen LogP contribution in [0, 0.1) is 12.8 Å². The highest BCUT2D eigenvalue weighted by molar-refractivity contribution is 7.89. The molecule has 5 heteroatoms. The molecule has 3 rings (SSSR count). The number of ether oxygens (including phenoxy) is 1. The fourth-order valence-corrected chi connectivity index (χ4v) is 5.14. The van der Waals surface area contributed by atoms with Crippen LogP contribution < -0.4 is 4.74 Å². The Morgan fingerprint density at radius 1 is 1.08 bits per heavy atom. The van der Waals surface area contributed by atoms with E-state index in [1.807, 2.05) is 19.1 Å². The Morgan fingerprint density at radius 3 is 2.40 bits per heavy atom. The molecular formula is C20H25NO3S. The fraction of sp³-hybridized carbons (Fsp3) is 0.400. The van der Waals surface area contributed by atoms with Crippen LogP contribution in [0.5, 0.6) is 5.75 Å². The molecule has 0 spiro atoms. The van der Waals surface area contributed by atoms with Crippen molar-refractivity contribution >= 4 is 10.0 Å². The molecule has 1 aliphatic heterocycles. The Balaban J connectivity index is 1.71. The lowest BCUT2D eigenvalue weighted by Gasteiger charge is -2.31. The highest BCUT2D eigenvalue weighted by Gasteiger charge is 2.31. The molecule has 0 aliphatic carbocycles. The van der Waals surface area contributed by atoms with E-state index in [9.17, 15) is 8.42 Å². The van der Waals surface area contributed by atoms with Gasteiger partial charge in [-0.25, -0.2) is 8.42 Å². The summed E-state index contributed by atoms with van der Waals surface area (Å²) in [7, 11) is -2.01. The van der Waals surface area contributed by atoms with Crippen molar-refractivity contribution < 1.29 is 13.2 Å². The second-order valence-electron chi connectivity index (χ2n) is 6.69. The molecule has 2 aromatic rings. The molecule has 1 aliphatic rings. The van der Waals surface area contributed by atoms with Gasteiger partial charge in [0.05, 0.1) is 7.11 Å². The highest BCUT2D eigenvalue weighted by Crippen LogP contribution is 2.31. The Bertz CT molecular complexity index is 810. The third kappa shape index (κ3) is 4.05. The average molecular weight is 359 g/mol. The molecule has 4 nitrogen and oxygen atoms in total. The summed E-state index contributed by atoms with van der Waals surface area (Å²) in [5, 5.41) is 0. The van der Waals surface area contributed by atoms with Crippen molar-refractivity contribution in [1.82, 2.24) is 4.31 Å². The van der Waals surface area contributed by atoms with Gasteiger partial charge in [0.1, 0.15) is 10.6 Å².